The van der Waals surface area contributed by atoms with Crippen LogP contribution in [0.5, 0.6) is 0 Å². The van der Waals surface area contributed by atoms with Crippen molar-refractivity contribution in [1.82, 2.24) is 0 Å². The van der Waals surface area contributed by atoms with Gasteiger partial charge in [0.2, 0.25) is 11.5 Å². The number of aliphatic hydroxyl groups is 1. The van der Waals surface area contributed by atoms with E-state index in [1.807, 2.05) is 0 Å². The lowest BCUT2D eigenvalue weighted by molar-refractivity contribution is -0.437. The van der Waals surface area contributed by atoms with E-state index in [1.54, 1.807) is 0 Å². The van der Waals surface area contributed by atoms with E-state index in [1.165, 1.54) is 15.5 Å². The molecule has 77 heavy (non-hydrogen) atoms. The van der Waals surface area contributed by atoms with Gasteiger partial charge in [-0.2, -0.15) is 63.5 Å². The fraction of sp³-hybridized carbons (Fsp3) is 0.512. The summed E-state index contributed by atoms with van der Waals surface area (Å²) >= 11 is 0. The number of unbranched alkanes of at least 4 members (excludes halogenated alkanes) is 2. The highest BCUT2D eigenvalue weighted by Crippen LogP contribution is 2.55. The number of nitrogens with zero attached hydrogens (tertiary/aromatic N) is 2. The predicted molar refractivity (Wildman–Crippen MR) is 274 cm³/mol. The van der Waals surface area contributed by atoms with E-state index >= 15 is 0 Å². The molecular formula is C43H57N2O25S7+. The van der Waals surface area contributed by atoms with Gasteiger partial charge in [-0.1, -0.05) is 6.42 Å². The third kappa shape index (κ3) is 16.5. The first-order chi connectivity index (χ1) is 35.2. The molecule has 0 unspecified atom stereocenters. The van der Waals surface area contributed by atoms with Gasteiger partial charge >= 0.3 is 5.97 Å². The minimum absolute atomic E-state index is 0.00126. The van der Waals surface area contributed by atoms with Crippen molar-refractivity contribution in [2.75, 3.05) is 46.8 Å². The largest absolute Gasteiger partial charge is 0.506 e. The average Bonchev–Trinajstić information content (AvgIpc) is 3.65. The van der Waals surface area contributed by atoms with E-state index in [0.29, 0.717) is 0 Å². The Morgan fingerprint density at radius 3 is 1.43 bits per heavy atom. The summed E-state index contributed by atoms with van der Waals surface area (Å²) in [5, 5.41) is 21.3. The molecule has 34 heteroatoms. The number of fused-ring (bicyclic) bond motifs is 2. The molecule has 0 fully saturated rings. The highest BCUT2D eigenvalue weighted by atomic mass is 32.2. The van der Waals surface area contributed by atoms with Crippen molar-refractivity contribution in [3.8, 4) is 0 Å². The maximum atomic E-state index is 14.8. The molecule has 5 rings (SSSR count). The molecule has 430 valence electrons. The summed E-state index contributed by atoms with van der Waals surface area (Å²) in [5.74, 6) is -7.65. The van der Waals surface area contributed by atoms with Crippen molar-refractivity contribution >= 4 is 99.7 Å². The molecule has 9 N–H and O–H groups in total. The number of aliphatic carboxylic acids is 1. The predicted octanol–water partition coefficient (Wildman–Crippen LogP) is 3.07. The first-order valence-electron chi connectivity index (χ1n) is 23.2. The zero-order valence-corrected chi connectivity index (χ0v) is 46.3. The molecule has 0 radical (unpaired) electrons. The fourth-order valence-corrected chi connectivity index (χ4v) is 13.7. The minimum Gasteiger partial charge on any atom is -0.506 e. The second kappa shape index (κ2) is 23.6. The van der Waals surface area contributed by atoms with Gasteiger partial charge in [-0.15, -0.1) is 0 Å². The molecule has 0 spiro atoms. The van der Waals surface area contributed by atoms with Gasteiger partial charge < -0.3 is 15.1 Å². The first-order valence-corrected chi connectivity index (χ1v) is 34.2. The van der Waals surface area contributed by atoms with Crippen molar-refractivity contribution in [3.05, 3.63) is 82.3 Å². The van der Waals surface area contributed by atoms with Crippen molar-refractivity contribution in [3.63, 3.8) is 0 Å². The van der Waals surface area contributed by atoms with Gasteiger partial charge in [0.1, 0.15) is 12.3 Å². The van der Waals surface area contributed by atoms with Crippen LogP contribution in [0.2, 0.25) is 0 Å². The highest BCUT2D eigenvalue weighted by Gasteiger charge is 2.53. The number of allylic oxidation sites excluding steroid dienone is 5. The van der Waals surface area contributed by atoms with E-state index in [9.17, 15) is 111 Å². The molecule has 0 saturated carbocycles. The lowest BCUT2D eigenvalue weighted by atomic mass is 9.69. The molecule has 2 aromatic rings. The van der Waals surface area contributed by atoms with Crippen molar-refractivity contribution in [2.24, 2.45) is 0 Å². The van der Waals surface area contributed by atoms with E-state index in [2.05, 4.69) is 0 Å². The number of carboxylic acid groups (broad SMARTS) is 1. The molecule has 2 aliphatic heterocycles. The maximum absolute atomic E-state index is 14.8. The van der Waals surface area contributed by atoms with E-state index in [4.69, 9.17) is 0 Å². The Kier molecular flexibility index (Phi) is 19.4. The Bertz CT molecular complexity index is 3560. The SMILES string of the molecule is O=C(O)CCCCCN1/C(=C/C2=C(O)C(=C/C3=[N+](CCCS(=O)(=O)O)c4ccc(S(=O)(=O)O)cc4C3(CCCS(=O)(=O)O)CCCS(=O)(=O)O)/C2=O)C(CCCS(=O)(=O)O)(CCCS(=O)(=O)O)c2cc(S(=O)(=O)O)ccc21. The molecule has 3 aliphatic rings. The molecule has 2 aromatic carbocycles. The van der Waals surface area contributed by atoms with Crippen molar-refractivity contribution < 1.29 is 115 Å². The second-order valence-corrected chi connectivity index (χ2v) is 29.4. The van der Waals surface area contributed by atoms with Crippen LogP contribution >= 0.6 is 0 Å². The topological polar surface area (TPSA) is 461 Å². The molecule has 1 aliphatic carbocycles. The monoisotopic (exact) mass is 1230 g/mol. The van der Waals surface area contributed by atoms with Gasteiger partial charge in [-0.25, -0.2) is 0 Å². The van der Waals surface area contributed by atoms with E-state index < -0.39 is 213 Å². The molecule has 2 heterocycles. The highest BCUT2D eigenvalue weighted by molar-refractivity contribution is 7.87. The third-order valence-corrected chi connectivity index (χ3v) is 19.1. The Labute approximate surface area is 445 Å². The number of carboxylic acids is 1. The number of hydrogen-bond donors (Lipinski definition) is 9. The van der Waals surface area contributed by atoms with Gasteiger partial charge in [0, 0.05) is 53.9 Å². The molecule has 0 saturated heterocycles. The summed E-state index contributed by atoms with van der Waals surface area (Å²) in [5.41, 5.74) is -4.95. The third-order valence-electron chi connectivity index (χ3n) is 13.3. The molecule has 0 bridgehead atoms. The number of benzene rings is 2. The van der Waals surface area contributed by atoms with Gasteiger partial charge in [0.15, 0.2) is 5.71 Å². The summed E-state index contributed by atoms with van der Waals surface area (Å²) in [6.45, 7) is -0.505. The summed E-state index contributed by atoms with van der Waals surface area (Å²) in [4.78, 5) is 26.2. The van der Waals surface area contributed by atoms with Crippen LogP contribution in [0.15, 0.2) is 80.9 Å². The smallest absolute Gasteiger partial charge is 0.303 e. The standard InChI is InChI=1S/C43H56N2O25S7/c46-39(47)9-2-1-3-18-44-35-12-10-29(76(65,66)67)25-33(35)42(14-4-20-71(50,51)52,15-5-21-72(53,54)55)37(44)27-31-40(48)32(41(31)49)28-38-43(16-6-22-73(56,57)58,17-7-23-74(59,60)61)34-26-30(77(68,69)70)11-13-36(34)45(38)19-8-24-75(62,63)64/h10-13,25-28H,1-9,14-24H2,(H8-,46,47,48,49,50,51,52,53,54,55,56,57,58,59,60,61,62,63,64,65,66,67,68,69,70)/p+1. The summed E-state index contributed by atoms with van der Waals surface area (Å²) in [6.07, 6.45) is -1.58. The summed E-state index contributed by atoms with van der Waals surface area (Å²) in [7, 11) is -33.7. The maximum Gasteiger partial charge on any atom is 0.303 e. The quantitative estimate of drug-likeness (QED) is 0.0235. The lowest BCUT2D eigenvalue weighted by Gasteiger charge is -2.35. The van der Waals surface area contributed by atoms with Crippen LogP contribution in [-0.4, -0.2) is 165 Å². The molecule has 27 nitrogen and oxygen atoms in total. The molecule has 0 aromatic heterocycles. The zero-order valence-electron chi connectivity index (χ0n) is 40.6. The number of carbonyl (C=O) groups is 2. The van der Waals surface area contributed by atoms with Crippen LogP contribution in [0.25, 0.3) is 0 Å². The normalized spacial score (nSPS) is 18.1. The van der Waals surface area contributed by atoms with E-state index in [-0.39, 0.29) is 66.1 Å². The Morgan fingerprint density at radius 2 is 0.987 bits per heavy atom. The van der Waals surface area contributed by atoms with Gasteiger partial charge in [0.05, 0.1) is 55.1 Å². The number of aliphatic hydroxyl groups excluding tert-OH is 1. The van der Waals surface area contributed by atoms with Crippen LogP contribution in [0, 0.1) is 0 Å². The molecule has 0 atom stereocenters. The molecule has 0 amide bonds. The first kappa shape index (κ1) is 63.3. The Balaban J connectivity index is 1.86. The average molecular weight is 1230 g/mol. The van der Waals surface area contributed by atoms with Crippen LogP contribution in [0.4, 0.5) is 11.4 Å². The number of ketones is 1. The lowest BCUT2D eigenvalue weighted by Crippen LogP contribution is -2.38. The number of rotatable bonds is 30. The number of anilines is 1. The van der Waals surface area contributed by atoms with Gasteiger partial charge in [-0.05, 0) is 106 Å². The van der Waals surface area contributed by atoms with Crippen LogP contribution < -0.4 is 4.90 Å². The Morgan fingerprint density at radius 1 is 0.545 bits per heavy atom. The van der Waals surface area contributed by atoms with Crippen LogP contribution in [0.1, 0.15) is 94.6 Å². The van der Waals surface area contributed by atoms with Crippen molar-refractivity contribution in [1.29, 1.82) is 0 Å². The Hall–Kier alpha value is -4.56. The summed E-state index contributed by atoms with van der Waals surface area (Å²) < 4.78 is 241. The van der Waals surface area contributed by atoms with Crippen LogP contribution in [-0.2, 0) is 91.2 Å². The minimum atomic E-state index is -5.06. The number of carbonyl (C=O) groups excluding carboxylic acids is 1. The fourth-order valence-electron chi connectivity index (χ4n) is 10.2. The van der Waals surface area contributed by atoms with Gasteiger partial charge in [-0.3, -0.25) is 41.5 Å². The summed E-state index contributed by atoms with van der Waals surface area (Å²) in [6, 6.07) is 6.24. The number of hydrogen-bond acceptors (Lipinski definition) is 18. The van der Waals surface area contributed by atoms with Crippen LogP contribution in [0.3, 0.4) is 0 Å². The van der Waals surface area contributed by atoms with Crippen molar-refractivity contribution in [2.45, 2.75) is 104 Å². The molecular weight excluding hydrogens is 1170 g/mol. The van der Waals surface area contributed by atoms with E-state index in [0.717, 1.165) is 42.5 Å². The number of Topliss-reactive ketones (excluding diaryl/α,β-unsaturated/α-hetero) is 1. The van der Waals surface area contributed by atoms with Gasteiger partial charge in [0.25, 0.3) is 70.8 Å². The second-order valence-electron chi connectivity index (χ2n) is 18.7. The zero-order chi connectivity index (χ0) is 58.0.